The van der Waals surface area contributed by atoms with E-state index >= 15 is 0 Å². The number of nitrogens with zero attached hydrogens (tertiary/aromatic N) is 1. The molecule has 0 atom stereocenters. The minimum atomic E-state index is -0.386. The van der Waals surface area contributed by atoms with E-state index in [-0.39, 0.29) is 17.6 Å². The number of amides is 1. The smallest absolute Gasteiger partial charge is 0.293 e. The Kier molecular flexibility index (Phi) is 4.13. The number of aryl methyl sites for hydroxylation is 1. The molecular weight excluding hydrogens is 324 g/mol. The zero-order valence-electron chi connectivity index (χ0n) is 11.5. The van der Waals surface area contributed by atoms with E-state index in [1.165, 1.54) is 17.4 Å². The molecule has 5 nitrogen and oxygen atoms in total. The van der Waals surface area contributed by atoms with Crippen molar-refractivity contribution >= 4 is 34.0 Å². The molecular formula is C15H11ClN2O3S. The van der Waals surface area contributed by atoms with E-state index in [4.69, 9.17) is 20.8 Å². The lowest BCUT2D eigenvalue weighted by Gasteiger charge is -2.03. The monoisotopic (exact) mass is 334 g/mol. The first-order valence-electron chi connectivity index (χ1n) is 6.38. The van der Waals surface area contributed by atoms with Gasteiger partial charge < -0.3 is 9.15 Å². The summed E-state index contributed by atoms with van der Waals surface area (Å²) in [6.45, 7) is 1.91. The molecule has 2 aromatic heterocycles. The van der Waals surface area contributed by atoms with Crippen molar-refractivity contribution in [2.45, 2.75) is 6.92 Å². The number of furan rings is 1. The molecule has 22 heavy (non-hydrogen) atoms. The zero-order valence-corrected chi connectivity index (χ0v) is 13.1. The van der Waals surface area contributed by atoms with Crippen LogP contribution in [0.5, 0.6) is 11.7 Å². The Hall–Kier alpha value is -2.31. The first-order valence-corrected chi connectivity index (χ1v) is 7.57. The molecule has 1 aromatic carbocycles. The Balaban J connectivity index is 1.70. The number of benzene rings is 1. The summed E-state index contributed by atoms with van der Waals surface area (Å²) in [4.78, 5) is 17.1. The number of hydrogen-bond acceptors (Lipinski definition) is 5. The third kappa shape index (κ3) is 3.29. The van der Waals surface area contributed by atoms with E-state index < -0.39 is 0 Å². The summed E-state index contributed by atoms with van der Waals surface area (Å²) in [7, 11) is 0. The predicted octanol–water partition coefficient (Wildman–Crippen LogP) is 4.74. The van der Waals surface area contributed by atoms with E-state index in [0.29, 0.717) is 15.9 Å². The molecule has 0 unspecified atom stereocenters. The van der Waals surface area contributed by atoms with Crippen LogP contribution in [0.2, 0.25) is 5.02 Å². The van der Waals surface area contributed by atoms with Crippen molar-refractivity contribution in [2.75, 3.05) is 5.32 Å². The Morgan fingerprint density at radius 1 is 1.32 bits per heavy atom. The van der Waals surface area contributed by atoms with E-state index in [2.05, 4.69) is 10.3 Å². The fourth-order valence-corrected chi connectivity index (χ4v) is 2.54. The molecule has 0 aliphatic rings. The van der Waals surface area contributed by atoms with Gasteiger partial charge in [-0.15, -0.1) is 11.3 Å². The summed E-state index contributed by atoms with van der Waals surface area (Å²) < 4.78 is 10.9. The van der Waals surface area contributed by atoms with Crippen molar-refractivity contribution in [1.82, 2.24) is 4.98 Å². The van der Waals surface area contributed by atoms with Gasteiger partial charge >= 0.3 is 0 Å². The second-order valence-electron chi connectivity index (χ2n) is 4.38. The first kappa shape index (κ1) is 14.6. The maximum Gasteiger partial charge on any atom is 0.293 e. The van der Waals surface area contributed by atoms with Gasteiger partial charge in [-0.1, -0.05) is 23.7 Å². The van der Waals surface area contributed by atoms with Crippen LogP contribution in [-0.2, 0) is 0 Å². The Labute approximate surface area is 135 Å². The SMILES string of the molecule is Cc1cnc(NC(=O)c2ccc(Oc3ccccc3Cl)o2)s1. The van der Waals surface area contributed by atoms with Gasteiger partial charge in [0.05, 0.1) is 5.02 Å². The van der Waals surface area contributed by atoms with Crippen LogP contribution in [0.3, 0.4) is 0 Å². The highest BCUT2D eigenvalue weighted by molar-refractivity contribution is 7.15. The van der Waals surface area contributed by atoms with Crippen LogP contribution >= 0.6 is 22.9 Å². The van der Waals surface area contributed by atoms with Gasteiger partial charge in [0.15, 0.2) is 10.9 Å². The predicted molar refractivity (Wildman–Crippen MR) is 85.0 cm³/mol. The number of rotatable bonds is 4. The third-order valence-electron chi connectivity index (χ3n) is 2.69. The van der Waals surface area contributed by atoms with Gasteiger partial charge in [0.1, 0.15) is 5.75 Å². The number of anilines is 1. The topological polar surface area (TPSA) is 64.4 Å². The van der Waals surface area contributed by atoms with E-state index in [1.54, 1.807) is 36.5 Å². The van der Waals surface area contributed by atoms with Crippen LogP contribution in [0.1, 0.15) is 15.4 Å². The quantitative estimate of drug-likeness (QED) is 0.748. The van der Waals surface area contributed by atoms with Crippen molar-refractivity contribution in [2.24, 2.45) is 0 Å². The molecule has 112 valence electrons. The molecule has 3 rings (SSSR count). The zero-order chi connectivity index (χ0) is 15.5. The molecule has 3 aromatic rings. The summed E-state index contributed by atoms with van der Waals surface area (Å²) >= 11 is 7.39. The van der Waals surface area contributed by atoms with E-state index in [0.717, 1.165) is 4.88 Å². The highest BCUT2D eigenvalue weighted by atomic mass is 35.5. The highest BCUT2D eigenvalue weighted by Gasteiger charge is 2.14. The molecule has 0 bridgehead atoms. The van der Waals surface area contributed by atoms with E-state index in [1.807, 2.05) is 6.92 Å². The summed E-state index contributed by atoms with van der Waals surface area (Å²) in [5.41, 5.74) is 0. The van der Waals surface area contributed by atoms with Crippen LogP contribution in [0.15, 0.2) is 47.0 Å². The number of nitrogens with one attached hydrogen (secondary N) is 1. The van der Waals surface area contributed by atoms with Crippen LogP contribution in [0, 0.1) is 6.92 Å². The highest BCUT2D eigenvalue weighted by Crippen LogP contribution is 2.30. The lowest BCUT2D eigenvalue weighted by atomic mass is 10.3. The summed E-state index contributed by atoms with van der Waals surface area (Å²) in [5.74, 6) is 0.396. The molecule has 7 heteroatoms. The molecule has 1 N–H and O–H groups in total. The number of aromatic nitrogens is 1. The third-order valence-corrected chi connectivity index (χ3v) is 3.83. The van der Waals surface area contributed by atoms with Gasteiger partial charge in [-0.2, -0.15) is 0 Å². The average molecular weight is 335 g/mol. The minimum absolute atomic E-state index is 0.134. The van der Waals surface area contributed by atoms with Crippen LogP contribution in [0.4, 0.5) is 5.13 Å². The number of ether oxygens (including phenoxy) is 1. The standard InChI is InChI=1S/C15H11ClN2O3S/c1-9-8-17-15(22-9)18-14(19)12-6-7-13(21-12)20-11-5-3-2-4-10(11)16/h2-8H,1H3,(H,17,18,19). The number of carbonyl (C=O) groups excluding carboxylic acids is 1. The second-order valence-corrected chi connectivity index (χ2v) is 6.02. The van der Waals surface area contributed by atoms with Gasteiger partial charge in [-0.3, -0.25) is 10.1 Å². The molecule has 1 amide bonds. The van der Waals surface area contributed by atoms with Crippen molar-refractivity contribution in [1.29, 1.82) is 0 Å². The van der Waals surface area contributed by atoms with Crippen molar-refractivity contribution < 1.29 is 13.9 Å². The van der Waals surface area contributed by atoms with Crippen molar-refractivity contribution in [3.8, 4) is 11.7 Å². The van der Waals surface area contributed by atoms with Gasteiger partial charge in [0.25, 0.3) is 11.9 Å². The van der Waals surface area contributed by atoms with E-state index in [9.17, 15) is 4.79 Å². The molecule has 2 heterocycles. The normalized spacial score (nSPS) is 10.5. The molecule has 0 aliphatic carbocycles. The number of halogens is 1. The Morgan fingerprint density at radius 3 is 2.86 bits per heavy atom. The average Bonchev–Trinajstić information content (AvgIpc) is 3.11. The summed E-state index contributed by atoms with van der Waals surface area (Å²) in [6.07, 6.45) is 1.69. The first-order chi connectivity index (χ1) is 10.6. The largest absolute Gasteiger partial charge is 0.424 e. The van der Waals surface area contributed by atoms with Gasteiger partial charge in [0.2, 0.25) is 0 Å². The molecule has 0 saturated carbocycles. The molecule has 0 spiro atoms. The number of hydrogen-bond donors (Lipinski definition) is 1. The van der Waals surface area contributed by atoms with Crippen LogP contribution in [-0.4, -0.2) is 10.9 Å². The molecule has 0 fully saturated rings. The Morgan fingerprint density at radius 2 is 2.14 bits per heavy atom. The fraction of sp³-hybridized carbons (Fsp3) is 0.0667. The fourth-order valence-electron chi connectivity index (χ4n) is 1.70. The number of thiazole rings is 1. The molecule has 0 radical (unpaired) electrons. The molecule has 0 aliphatic heterocycles. The van der Waals surface area contributed by atoms with Crippen molar-refractivity contribution in [3.05, 3.63) is 58.3 Å². The lowest BCUT2D eigenvalue weighted by Crippen LogP contribution is -2.10. The number of para-hydroxylation sites is 1. The second kappa shape index (κ2) is 6.21. The van der Waals surface area contributed by atoms with Crippen molar-refractivity contribution in [3.63, 3.8) is 0 Å². The number of carbonyl (C=O) groups is 1. The lowest BCUT2D eigenvalue weighted by molar-refractivity contribution is 0.0992. The Bertz CT molecular complexity index is 812. The van der Waals surface area contributed by atoms with Crippen LogP contribution in [0.25, 0.3) is 0 Å². The van der Waals surface area contributed by atoms with Gasteiger partial charge in [0, 0.05) is 17.1 Å². The molecule has 0 saturated heterocycles. The summed E-state index contributed by atoms with van der Waals surface area (Å²) in [6, 6.07) is 10.1. The van der Waals surface area contributed by atoms with Gasteiger partial charge in [-0.05, 0) is 25.1 Å². The summed E-state index contributed by atoms with van der Waals surface area (Å²) in [5, 5.41) is 3.64. The maximum atomic E-state index is 12.0. The minimum Gasteiger partial charge on any atom is -0.424 e. The van der Waals surface area contributed by atoms with Gasteiger partial charge in [-0.25, -0.2) is 4.98 Å². The van der Waals surface area contributed by atoms with Crippen LogP contribution < -0.4 is 10.1 Å². The maximum absolute atomic E-state index is 12.0.